The minimum atomic E-state index is -0.408. The zero-order valence-corrected chi connectivity index (χ0v) is 22.5. The van der Waals surface area contributed by atoms with Crippen LogP contribution < -0.4 is 9.47 Å². The maximum Gasteiger partial charge on any atom is 0.308 e. The molecule has 2 aromatic rings. The summed E-state index contributed by atoms with van der Waals surface area (Å²) in [6.45, 7) is 7.14. The Labute approximate surface area is 223 Å². The van der Waals surface area contributed by atoms with Crippen molar-refractivity contribution in [2.24, 2.45) is 11.8 Å². The Bertz CT molecular complexity index is 1280. The highest BCUT2D eigenvalue weighted by atomic mass is 16.5. The number of carbonyl (C=O) groups excluding carboxylic acids is 2. The normalized spacial score (nSPS) is 29.3. The molecule has 202 valence electrons. The third-order valence-electron chi connectivity index (χ3n) is 9.11. The van der Waals surface area contributed by atoms with Gasteiger partial charge in [0.15, 0.2) is 11.5 Å². The third kappa shape index (κ3) is 3.75. The first-order valence-electron chi connectivity index (χ1n) is 13.7. The molecule has 8 heteroatoms. The summed E-state index contributed by atoms with van der Waals surface area (Å²) in [5, 5.41) is 11.1. The predicted octanol–water partition coefficient (Wildman–Crippen LogP) is 4.15. The lowest BCUT2D eigenvalue weighted by molar-refractivity contribution is -0.138. The SMILES string of the molecule is CC(=O)Oc1cc(O)c2c3c1C[C@@H]1[C@@H]4CC[C@H](N(CC(C)C)C(=O)/C=C/c5ccoc5)[C@H](O2)[C@]34CCN1C. The van der Waals surface area contributed by atoms with E-state index < -0.39 is 5.97 Å². The number of carbonyl (C=O) groups is 2. The number of phenols is 1. The molecular weight excluding hydrogens is 484 g/mol. The molecule has 3 heterocycles. The highest BCUT2D eigenvalue weighted by Crippen LogP contribution is 2.65. The van der Waals surface area contributed by atoms with Crippen LogP contribution in [0.5, 0.6) is 17.2 Å². The average Bonchev–Trinajstić information content (AvgIpc) is 3.50. The maximum absolute atomic E-state index is 13.7. The van der Waals surface area contributed by atoms with E-state index in [4.69, 9.17) is 13.9 Å². The molecular formula is C30H36N2O6. The summed E-state index contributed by atoms with van der Waals surface area (Å²) in [6.07, 6.45) is 9.74. The Morgan fingerprint density at radius 3 is 2.87 bits per heavy atom. The Morgan fingerprint density at radius 1 is 1.34 bits per heavy atom. The van der Waals surface area contributed by atoms with Gasteiger partial charge in [0.1, 0.15) is 11.9 Å². The fourth-order valence-corrected chi connectivity index (χ4v) is 7.74. The first kappa shape index (κ1) is 25.0. The van der Waals surface area contributed by atoms with Crippen molar-refractivity contribution in [3.8, 4) is 17.2 Å². The van der Waals surface area contributed by atoms with Crippen molar-refractivity contribution in [2.75, 3.05) is 20.1 Å². The molecule has 2 fully saturated rings. The molecule has 6 rings (SSSR count). The molecule has 0 radical (unpaired) electrons. The van der Waals surface area contributed by atoms with Crippen LogP contribution in [0.15, 0.2) is 35.2 Å². The summed E-state index contributed by atoms with van der Waals surface area (Å²) in [5.41, 5.74) is 2.46. The number of likely N-dealkylation sites (tertiary alicyclic amines) is 1. The van der Waals surface area contributed by atoms with Gasteiger partial charge in [-0.15, -0.1) is 0 Å². The zero-order valence-electron chi connectivity index (χ0n) is 22.5. The topological polar surface area (TPSA) is 92.5 Å². The van der Waals surface area contributed by atoms with Crippen molar-refractivity contribution >= 4 is 18.0 Å². The molecule has 1 saturated carbocycles. The smallest absolute Gasteiger partial charge is 0.308 e. The van der Waals surface area contributed by atoms with Crippen LogP contribution in [0.4, 0.5) is 0 Å². The van der Waals surface area contributed by atoms with Gasteiger partial charge in [-0.2, -0.15) is 0 Å². The Hall–Kier alpha value is -3.26. The van der Waals surface area contributed by atoms with E-state index in [1.165, 1.54) is 13.0 Å². The summed E-state index contributed by atoms with van der Waals surface area (Å²) in [4.78, 5) is 30.1. The van der Waals surface area contributed by atoms with E-state index in [9.17, 15) is 14.7 Å². The Balaban J connectivity index is 1.45. The molecule has 0 unspecified atom stereocenters. The average molecular weight is 521 g/mol. The first-order valence-corrected chi connectivity index (χ1v) is 13.7. The van der Waals surface area contributed by atoms with Crippen molar-refractivity contribution in [2.45, 2.75) is 70.1 Å². The number of ether oxygens (including phenoxy) is 2. The number of rotatable bonds is 6. The van der Waals surface area contributed by atoms with Crippen LogP contribution in [0.1, 0.15) is 56.7 Å². The highest BCUT2D eigenvalue weighted by Gasteiger charge is 2.66. The predicted molar refractivity (Wildman–Crippen MR) is 141 cm³/mol. The van der Waals surface area contributed by atoms with Crippen molar-refractivity contribution in [1.82, 2.24) is 9.80 Å². The Kier molecular flexibility index (Phi) is 6.05. The molecule has 2 aliphatic heterocycles. The van der Waals surface area contributed by atoms with E-state index in [-0.39, 0.29) is 41.2 Å². The standard InChI is InChI=1S/C30H36N2O6/c1-17(2)15-32(26(35)8-5-19-9-12-36-16-19)22-7-6-21-23-13-20-25(37-18(3)33)14-24(34)28-27(20)30(21,29(22)38-28)10-11-31(23)4/h5,8-9,12,14,16-17,21-23,29,34H,6-7,10-11,13,15H2,1-4H3/b8-5+/t21-,22-,23+,29-,30-/m0/s1. The van der Waals surface area contributed by atoms with Gasteiger partial charge in [0.25, 0.3) is 0 Å². The number of likely N-dealkylation sites (N-methyl/N-ethyl adjacent to an activating group) is 1. The number of aromatic hydroxyl groups is 1. The molecule has 4 aliphatic rings. The van der Waals surface area contributed by atoms with Gasteiger partial charge in [0.05, 0.1) is 18.6 Å². The molecule has 2 bridgehead atoms. The molecule has 2 aliphatic carbocycles. The van der Waals surface area contributed by atoms with Gasteiger partial charge < -0.3 is 28.8 Å². The number of esters is 1. The molecule has 1 amide bonds. The van der Waals surface area contributed by atoms with Gasteiger partial charge in [-0.05, 0) is 63.3 Å². The van der Waals surface area contributed by atoms with Crippen LogP contribution in [0.3, 0.4) is 0 Å². The van der Waals surface area contributed by atoms with Gasteiger partial charge in [-0.3, -0.25) is 9.59 Å². The van der Waals surface area contributed by atoms with Crippen molar-refractivity contribution in [3.63, 3.8) is 0 Å². The summed E-state index contributed by atoms with van der Waals surface area (Å²) in [6, 6.07) is 3.49. The quantitative estimate of drug-likeness (QED) is 0.348. The molecule has 38 heavy (non-hydrogen) atoms. The van der Waals surface area contributed by atoms with E-state index in [1.54, 1.807) is 24.7 Å². The summed E-state index contributed by atoms with van der Waals surface area (Å²) in [5.74, 6) is 1.08. The van der Waals surface area contributed by atoms with E-state index in [1.807, 2.05) is 11.0 Å². The molecule has 1 spiro atoms. The number of furan rings is 1. The monoisotopic (exact) mass is 520 g/mol. The first-order chi connectivity index (χ1) is 18.2. The molecule has 1 saturated heterocycles. The minimum Gasteiger partial charge on any atom is -0.504 e. The van der Waals surface area contributed by atoms with E-state index in [0.29, 0.717) is 24.0 Å². The van der Waals surface area contributed by atoms with Crippen molar-refractivity contribution in [3.05, 3.63) is 47.4 Å². The number of benzene rings is 1. The molecule has 1 aromatic carbocycles. The summed E-state index contributed by atoms with van der Waals surface area (Å²) < 4.78 is 17.5. The van der Waals surface area contributed by atoms with Gasteiger partial charge in [-0.25, -0.2) is 0 Å². The Morgan fingerprint density at radius 2 is 2.16 bits per heavy atom. The lowest BCUT2D eigenvalue weighted by Crippen LogP contribution is -2.68. The molecule has 8 nitrogen and oxygen atoms in total. The van der Waals surface area contributed by atoms with Crippen molar-refractivity contribution in [1.29, 1.82) is 0 Å². The zero-order chi connectivity index (χ0) is 26.8. The highest BCUT2D eigenvalue weighted by molar-refractivity contribution is 5.92. The number of amides is 1. The van der Waals surface area contributed by atoms with E-state index in [0.717, 1.165) is 48.9 Å². The lowest BCUT2D eigenvalue weighted by atomic mass is 9.51. The lowest BCUT2D eigenvalue weighted by Gasteiger charge is -2.60. The van der Waals surface area contributed by atoms with Crippen LogP contribution in [0.2, 0.25) is 0 Å². The second kappa shape index (κ2) is 9.19. The fourth-order valence-electron chi connectivity index (χ4n) is 7.74. The van der Waals surface area contributed by atoms with Gasteiger partial charge in [0, 0.05) is 53.8 Å². The van der Waals surface area contributed by atoms with E-state index in [2.05, 4.69) is 25.8 Å². The van der Waals surface area contributed by atoms with E-state index >= 15 is 0 Å². The maximum atomic E-state index is 13.7. The number of nitrogens with zero attached hydrogens (tertiary/aromatic N) is 2. The van der Waals surface area contributed by atoms with Gasteiger partial charge in [-0.1, -0.05) is 13.8 Å². The van der Waals surface area contributed by atoms with Crippen LogP contribution >= 0.6 is 0 Å². The molecule has 5 atom stereocenters. The van der Waals surface area contributed by atoms with Crippen molar-refractivity contribution < 1.29 is 28.6 Å². The van der Waals surface area contributed by atoms with Crippen LogP contribution in [-0.4, -0.2) is 65.1 Å². The molecule has 1 aromatic heterocycles. The second-order valence-corrected chi connectivity index (χ2v) is 11.8. The van der Waals surface area contributed by atoms with Gasteiger partial charge >= 0.3 is 5.97 Å². The number of hydrogen-bond donors (Lipinski definition) is 1. The second-order valence-electron chi connectivity index (χ2n) is 11.8. The number of phenolic OH excluding ortho intramolecular Hbond substituents is 1. The minimum absolute atomic E-state index is 0.000225. The fraction of sp³-hybridized carbons (Fsp3) is 0.533. The van der Waals surface area contributed by atoms with Crippen LogP contribution in [0.25, 0.3) is 6.08 Å². The third-order valence-corrected chi connectivity index (χ3v) is 9.11. The molecule has 1 N–H and O–H groups in total. The van der Waals surface area contributed by atoms with Crippen LogP contribution in [-0.2, 0) is 21.4 Å². The summed E-state index contributed by atoms with van der Waals surface area (Å²) in [7, 11) is 2.17. The van der Waals surface area contributed by atoms with Crippen LogP contribution in [0, 0.1) is 11.8 Å². The number of hydrogen-bond acceptors (Lipinski definition) is 7. The number of piperidine rings is 1. The summed E-state index contributed by atoms with van der Waals surface area (Å²) >= 11 is 0. The largest absolute Gasteiger partial charge is 0.504 e. The van der Waals surface area contributed by atoms with Gasteiger partial charge in [0.2, 0.25) is 5.91 Å².